The fraction of sp³-hybridized carbons (Fsp3) is 0.265. The molecule has 1 atom stereocenters. The van der Waals surface area contributed by atoms with E-state index in [2.05, 4.69) is 6.07 Å². The van der Waals surface area contributed by atoms with Gasteiger partial charge in [-0.1, -0.05) is 59.0 Å². The van der Waals surface area contributed by atoms with Crippen molar-refractivity contribution < 1.29 is 22.7 Å². The summed E-state index contributed by atoms with van der Waals surface area (Å²) >= 11 is 0. The van der Waals surface area contributed by atoms with Crippen LogP contribution in [0.25, 0.3) is 10.8 Å². The van der Waals surface area contributed by atoms with E-state index in [1.165, 1.54) is 25.1 Å². The predicted molar refractivity (Wildman–Crippen MR) is 167 cm³/mol. The molecule has 0 N–H and O–H groups in total. The summed E-state index contributed by atoms with van der Waals surface area (Å²) in [7, 11) is -2.83. The van der Waals surface area contributed by atoms with Crippen LogP contribution in [0.1, 0.15) is 36.5 Å². The number of amides is 2. The average Bonchev–Trinajstić information content (AvgIpc) is 3.38. The van der Waals surface area contributed by atoms with Crippen LogP contribution in [0.5, 0.6) is 5.75 Å². The monoisotopic (exact) mass is 610 g/mol. The maximum absolute atomic E-state index is 14.5. The standard InChI is InChI=1S/C34H34N4O5S/c1-25(39)37(18-7-12-26-8-4-3-5-9-26)38(33-17-19-36(34(33)40)24-28-11-6-10-27(20-28)23-35)44(41,42)32-16-14-29-13-15-31(43-2)21-30(29)22-32/h3-6,8-11,13-16,20-22,33H,7,12,17-19,24H2,1-2H3/t33-/m0/s1. The van der Waals surface area contributed by atoms with Crippen molar-refractivity contribution in [2.24, 2.45) is 0 Å². The van der Waals surface area contributed by atoms with Gasteiger partial charge in [0.25, 0.3) is 10.0 Å². The number of benzene rings is 4. The molecule has 44 heavy (non-hydrogen) atoms. The third-order valence-corrected chi connectivity index (χ3v) is 9.60. The first kappa shape index (κ1) is 30.7. The lowest BCUT2D eigenvalue weighted by molar-refractivity contribution is -0.146. The van der Waals surface area contributed by atoms with Crippen molar-refractivity contribution in [3.05, 3.63) is 108 Å². The topological polar surface area (TPSA) is 111 Å². The molecule has 0 saturated carbocycles. The second-order valence-electron chi connectivity index (χ2n) is 10.8. The Balaban J connectivity index is 1.50. The molecule has 1 aliphatic heterocycles. The van der Waals surface area contributed by atoms with Gasteiger partial charge in [0.1, 0.15) is 11.8 Å². The molecule has 4 aromatic carbocycles. The first-order valence-electron chi connectivity index (χ1n) is 14.4. The first-order chi connectivity index (χ1) is 21.2. The zero-order chi connectivity index (χ0) is 31.3. The molecule has 2 amide bonds. The number of likely N-dealkylation sites (tertiary alicyclic amines) is 1. The highest BCUT2D eigenvalue weighted by Gasteiger charge is 2.46. The number of hydrogen-bond donors (Lipinski definition) is 0. The minimum atomic E-state index is -4.37. The molecule has 1 fully saturated rings. The molecular formula is C34H34N4O5S. The molecule has 1 aliphatic rings. The van der Waals surface area contributed by atoms with Crippen LogP contribution in [0.4, 0.5) is 0 Å². The highest BCUT2D eigenvalue weighted by Crippen LogP contribution is 2.31. The number of carbonyl (C=O) groups is 2. The minimum absolute atomic E-state index is 0.0273. The molecule has 10 heteroatoms. The van der Waals surface area contributed by atoms with Gasteiger partial charge in [0, 0.05) is 26.6 Å². The molecule has 226 valence electrons. The Labute approximate surface area is 257 Å². The number of methoxy groups -OCH3 is 1. The van der Waals surface area contributed by atoms with Crippen molar-refractivity contribution in [2.75, 3.05) is 20.2 Å². The van der Waals surface area contributed by atoms with Crippen molar-refractivity contribution in [2.45, 2.75) is 43.7 Å². The summed E-state index contributed by atoms with van der Waals surface area (Å²) in [5, 5.41) is 12.0. The molecule has 0 aromatic heterocycles. The van der Waals surface area contributed by atoms with E-state index in [-0.39, 0.29) is 24.4 Å². The molecule has 0 radical (unpaired) electrons. The van der Waals surface area contributed by atoms with E-state index < -0.39 is 27.9 Å². The second-order valence-corrected chi connectivity index (χ2v) is 12.6. The quantitative estimate of drug-likeness (QED) is 0.223. The van der Waals surface area contributed by atoms with Crippen LogP contribution in [0.15, 0.2) is 95.9 Å². The molecule has 0 spiro atoms. The number of fused-ring (bicyclic) bond motifs is 1. The lowest BCUT2D eigenvalue weighted by Crippen LogP contribution is -2.56. The lowest BCUT2D eigenvalue weighted by atomic mass is 10.1. The van der Waals surface area contributed by atoms with Gasteiger partial charge in [-0.3, -0.25) is 14.6 Å². The number of ether oxygens (including phenoxy) is 1. The van der Waals surface area contributed by atoms with Gasteiger partial charge in [0.15, 0.2) is 0 Å². The van der Waals surface area contributed by atoms with E-state index in [4.69, 9.17) is 4.74 Å². The van der Waals surface area contributed by atoms with Crippen molar-refractivity contribution >= 4 is 32.6 Å². The Hall–Kier alpha value is -4.72. The molecule has 0 unspecified atom stereocenters. The van der Waals surface area contributed by atoms with Gasteiger partial charge >= 0.3 is 0 Å². The molecule has 0 aliphatic carbocycles. The summed E-state index contributed by atoms with van der Waals surface area (Å²) in [5.74, 6) is -0.290. The SMILES string of the molecule is COc1ccc2ccc(S(=O)(=O)N([C@H]3CCN(Cc4cccc(C#N)c4)C3=O)N(CCCc3ccccc3)C(C)=O)cc2c1. The molecule has 9 nitrogen and oxygen atoms in total. The van der Waals surface area contributed by atoms with Crippen molar-refractivity contribution in [3.63, 3.8) is 0 Å². The number of aryl methyl sites for hydroxylation is 1. The molecular weight excluding hydrogens is 576 g/mol. The van der Waals surface area contributed by atoms with Crippen LogP contribution >= 0.6 is 0 Å². The maximum atomic E-state index is 14.5. The minimum Gasteiger partial charge on any atom is -0.497 e. The molecule has 4 aromatic rings. The van der Waals surface area contributed by atoms with Gasteiger partial charge in [-0.05, 0) is 77.6 Å². The summed E-state index contributed by atoms with van der Waals surface area (Å²) in [6.45, 7) is 1.96. The van der Waals surface area contributed by atoms with Crippen LogP contribution in [-0.4, -0.2) is 60.8 Å². The third-order valence-electron chi connectivity index (χ3n) is 7.81. The van der Waals surface area contributed by atoms with Crippen LogP contribution in [0, 0.1) is 11.3 Å². The van der Waals surface area contributed by atoms with Crippen LogP contribution in [0.3, 0.4) is 0 Å². The van der Waals surface area contributed by atoms with E-state index in [9.17, 15) is 23.3 Å². The third kappa shape index (κ3) is 6.59. The van der Waals surface area contributed by atoms with Gasteiger partial charge in [-0.2, -0.15) is 5.26 Å². The van der Waals surface area contributed by atoms with E-state index in [0.29, 0.717) is 36.1 Å². The lowest BCUT2D eigenvalue weighted by Gasteiger charge is -2.36. The Morgan fingerprint density at radius 2 is 1.73 bits per heavy atom. The summed E-state index contributed by atoms with van der Waals surface area (Å²) < 4.78 is 35.3. The first-order valence-corrected chi connectivity index (χ1v) is 15.9. The number of nitriles is 1. The zero-order valence-corrected chi connectivity index (χ0v) is 25.5. The van der Waals surface area contributed by atoms with Crippen molar-refractivity contribution in [3.8, 4) is 11.8 Å². The number of sulfonamides is 1. The number of nitrogens with zero attached hydrogens (tertiary/aromatic N) is 4. The van der Waals surface area contributed by atoms with Crippen molar-refractivity contribution in [1.29, 1.82) is 5.26 Å². The van der Waals surface area contributed by atoms with Gasteiger partial charge < -0.3 is 9.64 Å². The van der Waals surface area contributed by atoms with E-state index >= 15 is 0 Å². The van der Waals surface area contributed by atoms with E-state index in [1.807, 2.05) is 42.5 Å². The Morgan fingerprint density at radius 1 is 0.977 bits per heavy atom. The smallest absolute Gasteiger partial charge is 0.260 e. The van der Waals surface area contributed by atoms with Crippen LogP contribution in [-0.2, 0) is 32.6 Å². The Bertz CT molecular complexity index is 1820. The van der Waals surface area contributed by atoms with Crippen molar-refractivity contribution in [1.82, 2.24) is 14.3 Å². The van der Waals surface area contributed by atoms with Crippen LogP contribution < -0.4 is 4.74 Å². The summed E-state index contributed by atoms with van der Waals surface area (Å²) in [4.78, 5) is 28.6. The van der Waals surface area contributed by atoms with Gasteiger partial charge in [-0.15, -0.1) is 0 Å². The number of rotatable bonds is 11. The summed E-state index contributed by atoms with van der Waals surface area (Å²) in [6, 6.07) is 27.9. The van der Waals surface area contributed by atoms with Gasteiger partial charge in [-0.25, -0.2) is 8.42 Å². The fourth-order valence-electron chi connectivity index (χ4n) is 5.58. The molecule has 1 saturated heterocycles. The summed E-state index contributed by atoms with van der Waals surface area (Å²) in [5.41, 5.74) is 2.31. The Kier molecular flexibility index (Phi) is 9.28. The normalized spacial score (nSPS) is 15.0. The van der Waals surface area contributed by atoms with Gasteiger partial charge in [0.2, 0.25) is 11.8 Å². The van der Waals surface area contributed by atoms with E-state index in [0.717, 1.165) is 20.9 Å². The number of carbonyl (C=O) groups excluding carboxylic acids is 2. The molecule has 5 rings (SSSR count). The van der Waals surface area contributed by atoms with Crippen LogP contribution in [0.2, 0.25) is 0 Å². The average molecular weight is 611 g/mol. The summed E-state index contributed by atoms with van der Waals surface area (Å²) in [6.07, 6.45) is 1.34. The zero-order valence-electron chi connectivity index (χ0n) is 24.7. The molecule has 1 heterocycles. The second kappa shape index (κ2) is 13.3. The highest BCUT2D eigenvalue weighted by atomic mass is 32.2. The highest BCUT2D eigenvalue weighted by molar-refractivity contribution is 7.89. The van der Waals surface area contributed by atoms with Gasteiger partial charge in [0.05, 0.1) is 23.6 Å². The maximum Gasteiger partial charge on any atom is 0.260 e. The largest absolute Gasteiger partial charge is 0.497 e. The number of hydrazine groups is 1. The Morgan fingerprint density at radius 3 is 2.45 bits per heavy atom. The number of hydrogen-bond acceptors (Lipinski definition) is 6. The fourth-order valence-corrected chi connectivity index (χ4v) is 7.30. The van der Waals surface area contributed by atoms with E-state index in [1.54, 1.807) is 47.4 Å². The molecule has 0 bridgehead atoms. The predicted octanol–water partition coefficient (Wildman–Crippen LogP) is 4.91.